The molecule has 0 amide bonds. The van der Waals surface area contributed by atoms with Crippen LogP contribution < -0.4 is 24.7 Å². The van der Waals surface area contributed by atoms with E-state index >= 15 is 0 Å². The van der Waals surface area contributed by atoms with Crippen LogP contribution in [0.2, 0.25) is 0 Å². The Balaban J connectivity index is 1.53. The molecule has 0 aromatic heterocycles. The van der Waals surface area contributed by atoms with Gasteiger partial charge in [-0.15, -0.1) is 0 Å². The summed E-state index contributed by atoms with van der Waals surface area (Å²) >= 11 is 0. The monoisotopic (exact) mass is 299 g/mol. The molecular formula is C17H17NO4. The Bertz CT molecular complexity index is 701. The van der Waals surface area contributed by atoms with Gasteiger partial charge in [0.25, 0.3) is 0 Å². The van der Waals surface area contributed by atoms with E-state index in [0.29, 0.717) is 13.2 Å². The van der Waals surface area contributed by atoms with Gasteiger partial charge in [0.05, 0.1) is 0 Å². The summed E-state index contributed by atoms with van der Waals surface area (Å²) in [7, 11) is 0. The fourth-order valence-corrected chi connectivity index (χ4v) is 2.73. The van der Waals surface area contributed by atoms with Gasteiger partial charge in [-0.1, -0.05) is 12.1 Å². The van der Waals surface area contributed by atoms with E-state index in [1.807, 2.05) is 36.4 Å². The zero-order valence-electron chi connectivity index (χ0n) is 12.1. The van der Waals surface area contributed by atoms with Crippen LogP contribution in [0.1, 0.15) is 17.2 Å². The molecule has 4 rings (SSSR count). The van der Waals surface area contributed by atoms with Gasteiger partial charge in [-0.3, -0.25) is 0 Å². The molecule has 2 aliphatic heterocycles. The van der Waals surface area contributed by atoms with Crippen LogP contribution in [0.25, 0.3) is 0 Å². The van der Waals surface area contributed by atoms with E-state index in [0.717, 1.165) is 40.5 Å². The molecule has 1 unspecified atom stereocenters. The molecule has 2 heterocycles. The topological polar surface area (TPSA) is 62.9 Å². The quantitative estimate of drug-likeness (QED) is 0.943. The number of hydrogen-bond acceptors (Lipinski definition) is 5. The van der Waals surface area contributed by atoms with Crippen molar-refractivity contribution in [1.82, 2.24) is 0 Å². The highest BCUT2D eigenvalue weighted by Gasteiger charge is 2.17. The molecule has 0 saturated heterocycles. The molecule has 0 saturated carbocycles. The Morgan fingerprint density at radius 1 is 0.818 bits per heavy atom. The van der Waals surface area contributed by atoms with Crippen LogP contribution in [0.4, 0.5) is 0 Å². The highest BCUT2D eigenvalue weighted by atomic mass is 16.7. The van der Waals surface area contributed by atoms with Gasteiger partial charge in [0.15, 0.2) is 23.0 Å². The van der Waals surface area contributed by atoms with Crippen molar-refractivity contribution in [2.24, 2.45) is 5.73 Å². The van der Waals surface area contributed by atoms with Crippen molar-refractivity contribution >= 4 is 0 Å². The number of fused-ring (bicyclic) bond motifs is 2. The molecule has 114 valence electrons. The first kappa shape index (κ1) is 13.3. The van der Waals surface area contributed by atoms with Crippen molar-refractivity contribution in [3.63, 3.8) is 0 Å². The number of rotatable bonds is 3. The summed E-state index contributed by atoms with van der Waals surface area (Å²) in [6.07, 6.45) is 0.719. The molecule has 0 fully saturated rings. The van der Waals surface area contributed by atoms with Gasteiger partial charge in [-0.05, 0) is 41.8 Å². The summed E-state index contributed by atoms with van der Waals surface area (Å²) in [6, 6.07) is 11.7. The first-order valence-corrected chi connectivity index (χ1v) is 7.33. The van der Waals surface area contributed by atoms with Crippen molar-refractivity contribution in [3.05, 3.63) is 47.5 Å². The first-order chi connectivity index (χ1) is 10.8. The van der Waals surface area contributed by atoms with Crippen molar-refractivity contribution in [1.29, 1.82) is 0 Å². The molecule has 2 aliphatic rings. The Morgan fingerprint density at radius 2 is 1.50 bits per heavy atom. The smallest absolute Gasteiger partial charge is 0.231 e. The normalized spacial score (nSPS) is 16.4. The number of nitrogens with two attached hydrogens (primary N) is 1. The van der Waals surface area contributed by atoms with Crippen molar-refractivity contribution in [2.45, 2.75) is 12.5 Å². The van der Waals surface area contributed by atoms with Crippen LogP contribution >= 0.6 is 0 Å². The van der Waals surface area contributed by atoms with Crippen LogP contribution in [0.5, 0.6) is 23.0 Å². The largest absolute Gasteiger partial charge is 0.486 e. The average molecular weight is 299 g/mol. The van der Waals surface area contributed by atoms with Gasteiger partial charge in [-0.2, -0.15) is 0 Å². The maximum absolute atomic E-state index is 6.34. The summed E-state index contributed by atoms with van der Waals surface area (Å²) < 4.78 is 21.9. The predicted octanol–water partition coefficient (Wildman–Crippen LogP) is 2.43. The Morgan fingerprint density at radius 3 is 2.41 bits per heavy atom. The van der Waals surface area contributed by atoms with E-state index in [2.05, 4.69) is 0 Å². The van der Waals surface area contributed by atoms with Gasteiger partial charge in [0.2, 0.25) is 6.79 Å². The molecule has 2 aromatic carbocycles. The Kier molecular flexibility index (Phi) is 3.27. The highest BCUT2D eigenvalue weighted by molar-refractivity contribution is 5.46. The van der Waals surface area contributed by atoms with E-state index in [9.17, 15) is 0 Å². The van der Waals surface area contributed by atoms with Gasteiger partial charge in [0.1, 0.15) is 13.2 Å². The van der Waals surface area contributed by atoms with E-state index in [1.165, 1.54) is 0 Å². The Labute approximate surface area is 128 Å². The second-order valence-electron chi connectivity index (χ2n) is 5.40. The molecule has 1 atom stereocenters. The number of ether oxygens (including phenoxy) is 4. The molecule has 2 aromatic rings. The minimum absolute atomic E-state index is 0.115. The summed E-state index contributed by atoms with van der Waals surface area (Å²) in [5, 5.41) is 0. The summed E-state index contributed by atoms with van der Waals surface area (Å²) in [5.74, 6) is 3.12. The molecule has 0 spiro atoms. The van der Waals surface area contributed by atoms with E-state index in [1.54, 1.807) is 0 Å². The van der Waals surface area contributed by atoms with Crippen LogP contribution in [0, 0.1) is 0 Å². The van der Waals surface area contributed by atoms with Gasteiger partial charge >= 0.3 is 0 Å². The van der Waals surface area contributed by atoms with Crippen LogP contribution in [-0.2, 0) is 6.42 Å². The van der Waals surface area contributed by atoms with Crippen molar-refractivity contribution in [3.8, 4) is 23.0 Å². The van der Waals surface area contributed by atoms with E-state index in [-0.39, 0.29) is 12.8 Å². The van der Waals surface area contributed by atoms with E-state index < -0.39 is 0 Å². The lowest BCUT2D eigenvalue weighted by molar-refractivity contribution is 0.171. The summed E-state index contributed by atoms with van der Waals surface area (Å²) in [6.45, 7) is 1.45. The zero-order valence-corrected chi connectivity index (χ0v) is 12.1. The summed E-state index contributed by atoms with van der Waals surface area (Å²) in [5.41, 5.74) is 8.48. The molecule has 22 heavy (non-hydrogen) atoms. The molecule has 5 nitrogen and oxygen atoms in total. The standard InChI is InChI=1S/C17H17NO4/c18-13(7-11-1-3-15-16(8-11)22-10-21-15)12-2-4-14-17(9-12)20-6-5-19-14/h1-4,8-9,13H,5-7,10,18H2. The maximum atomic E-state index is 6.34. The lowest BCUT2D eigenvalue weighted by Crippen LogP contribution is -2.17. The second kappa shape index (κ2) is 5.42. The van der Waals surface area contributed by atoms with E-state index in [4.69, 9.17) is 24.7 Å². The van der Waals surface area contributed by atoms with Gasteiger partial charge in [-0.25, -0.2) is 0 Å². The third-order valence-electron chi connectivity index (χ3n) is 3.89. The fraction of sp³-hybridized carbons (Fsp3) is 0.294. The predicted molar refractivity (Wildman–Crippen MR) is 80.6 cm³/mol. The molecule has 0 aliphatic carbocycles. The Hall–Kier alpha value is -2.40. The fourth-order valence-electron chi connectivity index (χ4n) is 2.73. The second-order valence-corrected chi connectivity index (χ2v) is 5.40. The first-order valence-electron chi connectivity index (χ1n) is 7.33. The highest BCUT2D eigenvalue weighted by Crippen LogP contribution is 2.35. The lowest BCUT2D eigenvalue weighted by atomic mass is 9.99. The van der Waals surface area contributed by atoms with Crippen LogP contribution in [0.15, 0.2) is 36.4 Å². The SMILES string of the molecule is NC(Cc1ccc2c(c1)OCO2)c1ccc2c(c1)OCCO2. The maximum Gasteiger partial charge on any atom is 0.231 e. The van der Waals surface area contributed by atoms with Crippen molar-refractivity contribution in [2.75, 3.05) is 20.0 Å². The molecule has 0 radical (unpaired) electrons. The lowest BCUT2D eigenvalue weighted by Gasteiger charge is -2.20. The van der Waals surface area contributed by atoms with Gasteiger partial charge < -0.3 is 24.7 Å². The van der Waals surface area contributed by atoms with Crippen LogP contribution in [-0.4, -0.2) is 20.0 Å². The molecular weight excluding hydrogens is 282 g/mol. The summed E-state index contributed by atoms with van der Waals surface area (Å²) in [4.78, 5) is 0. The number of hydrogen-bond donors (Lipinski definition) is 1. The molecule has 5 heteroatoms. The number of benzene rings is 2. The average Bonchev–Trinajstić information content (AvgIpc) is 3.02. The minimum atomic E-state index is -0.115. The zero-order chi connectivity index (χ0) is 14.9. The molecule has 0 bridgehead atoms. The van der Waals surface area contributed by atoms with Crippen molar-refractivity contribution < 1.29 is 18.9 Å². The molecule has 2 N–H and O–H groups in total. The third-order valence-corrected chi connectivity index (χ3v) is 3.89. The van der Waals surface area contributed by atoms with Gasteiger partial charge in [0, 0.05) is 6.04 Å². The third kappa shape index (κ3) is 2.44. The minimum Gasteiger partial charge on any atom is -0.486 e. The van der Waals surface area contributed by atoms with Crippen LogP contribution in [0.3, 0.4) is 0 Å².